The lowest BCUT2D eigenvalue weighted by atomic mass is 10.1. The summed E-state index contributed by atoms with van der Waals surface area (Å²) in [5, 5.41) is 8.48. The highest BCUT2D eigenvalue weighted by Gasteiger charge is 2.34. The van der Waals surface area contributed by atoms with Crippen molar-refractivity contribution in [1.82, 2.24) is 5.01 Å². The van der Waals surface area contributed by atoms with Crippen molar-refractivity contribution in [2.75, 3.05) is 5.32 Å². The van der Waals surface area contributed by atoms with E-state index in [9.17, 15) is 9.59 Å². The van der Waals surface area contributed by atoms with Gasteiger partial charge in [-0.1, -0.05) is 78.9 Å². The molecular formula is C30H20N4O3. The quantitative estimate of drug-likeness (QED) is 0.382. The molecule has 1 N–H and O–H groups in total. The molecule has 6 rings (SSSR count). The number of aliphatic imine (C=N–C) groups is 1. The number of benzene rings is 4. The van der Waals surface area contributed by atoms with Gasteiger partial charge in [-0.25, -0.2) is 4.99 Å². The molecule has 2 amide bonds. The molecule has 2 aliphatic rings. The van der Waals surface area contributed by atoms with Gasteiger partial charge in [0.25, 0.3) is 11.8 Å². The molecule has 0 bridgehead atoms. The Balaban J connectivity index is 1.38. The number of nitrogens with one attached hydrogen (secondary N) is 1. The SMILES string of the molecule is O=C1Nc2ccccc2C1=NN1C(=O)C(=Cc2cccc(Oc3ccccc3)c2)N=C1c1ccccc1. The highest BCUT2D eigenvalue weighted by Crippen LogP contribution is 2.28. The first-order chi connectivity index (χ1) is 18.2. The van der Waals surface area contributed by atoms with Crippen molar-refractivity contribution in [2.45, 2.75) is 0 Å². The van der Waals surface area contributed by atoms with Gasteiger partial charge in [-0.15, -0.1) is 0 Å². The fraction of sp³-hybridized carbons (Fsp3) is 0. The minimum atomic E-state index is -0.432. The van der Waals surface area contributed by atoms with Crippen LogP contribution in [0, 0.1) is 0 Å². The minimum Gasteiger partial charge on any atom is -0.457 e. The third kappa shape index (κ3) is 4.41. The molecule has 0 saturated carbocycles. The van der Waals surface area contributed by atoms with Crippen LogP contribution in [-0.4, -0.2) is 28.4 Å². The first kappa shape index (κ1) is 22.2. The number of carbonyl (C=O) groups is 2. The Morgan fingerprint density at radius 2 is 1.49 bits per heavy atom. The lowest BCUT2D eigenvalue weighted by Crippen LogP contribution is -2.30. The molecule has 4 aromatic rings. The monoisotopic (exact) mass is 484 g/mol. The van der Waals surface area contributed by atoms with E-state index >= 15 is 0 Å². The second kappa shape index (κ2) is 9.39. The van der Waals surface area contributed by atoms with E-state index in [4.69, 9.17) is 4.74 Å². The van der Waals surface area contributed by atoms with E-state index in [0.29, 0.717) is 34.1 Å². The summed E-state index contributed by atoms with van der Waals surface area (Å²) < 4.78 is 5.93. The Morgan fingerprint density at radius 1 is 0.784 bits per heavy atom. The molecule has 0 atom stereocenters. The first-order valence-corrected chi connectivity index (χ1v) is 11.7. The summed E-state index contributed by atoms with van der Waals surface area (Å²) in [4.78, 5) is 30.9. The van der Waals surface area contributed by atoms with E-state index in [-0.39, 0.29) is 17.3 Å². The maximum atomic E-state index is 13.5. The zero-order chi connectivity index (χ0) is 25.2. The number of hydrogen-bond acceptors (Lipinski definition) is 5. The van der Waals surface area contributed by atoms with Gasteiger partial charge in [-0.05, 0) is 42.0 Å². The molecule has 2 aliphatic heterocycles. The molecule has 0 fully saturated rings. The first-order valence-electron chi connectivity index (χ1n) is 11.7. The zero-order valence-corrected chi connectivity index (χ0v) is 19.5. The Hall–Kier alpha value is -5.30. The predicted molar refractivity (Wildman–Crippen MR) is 142 cm³/mol. The molecule has 0 spiro atoms. The van der Waals surface area contributed by atoms with Gasteiger partial charge >= 0.3 is 0 Å². The van der Waals surface area contributed by atoms with Crippen LogP contribution in [0.15, 0.2) is 125 Å². The minimum absolute atomic E-state index is 0.159. The summed E-state index contributed by atoms with van der Waals surface area (Å²) in [7, 11) is 0. The number of amides is 2. The largest absolute Gasteiger partial charge is 0.457 e. The van der Waals surface area contributed by atoms with Gasteiger partial charge in [0, 0.05) is 11.1 Å². The molecule has 0 aliphatic carbocycles. The Labute approximate surface area is 213 Å². The molecule has 7 heteroatoms. The Bertz CT molecular complexity index is 1610. The number of fused-ring (bicyclic) bond motifs is 1. The Kier molecular flexibility index (Phi) is 5.63. The van der Waals surface area contributed by atoms with E-state index in [1.807, 2.05) is 97.1 Å². The van der Waals surface area contributed by atoms with Crippen molar-refractivity contribution in [3.63, 3.8) is 0 Å². The highest BCUT2D eigenvalue weighted by molar-refractivity contribution is 6.54. The van der Waals surface area contributed by atoms with Gasteiger partial charge in [-0.2, -0.15) is 10.1 Å². The maximum Gasteiger partial charge on any atom is 0.298 e. The average molecular weight is 485 g/mol. The number of amidine groups is 1. The Morgan fingerprint density at radius 3 is 2.30 bits per heavy atom. The molecule has 7 nitrogen and oxygen atoms in total. The van der Waals surface area contributed by atoms with Crippen molar-refractivity contribution >= 4 is 35.1 Å². The maximum absolute atomic E-state index is 13.5. The van der Waals surface area contributed by atoms with Gasteiger partial charge in [0.1, 0.15) is 17.2 Å². The van der Waals surface area contributed by atoms with Crippen molar-refractivity contribution in [3.8, 4) is 11.5 Å². The van der Waals surface area contributed by atoms with Gasteiger partial charge in [0.15, 0.2) is 11.5 Å². The van der Waals surface area contributed by atoms with Crippen LogP contribution in [0.3, 0.4) is 0 Å². The second-order valence-corrected chi connectivity index (χ2v) is 8.38. The summed E-state index contributed by atoms with van der Waals surface area (Å²) in [6.07, 6.45) is 1.69. The van der Waals surface area contributed by atoms with Crippen LogP contribution in [-0.2, 0) is 9.59 Å². The highest BCUT2D eigenvalue weighted by atomic mass is 16.5. The number of nitrogens with zero attached hydrogens (tertiary/aromatic N) is 3. The lowest BCUT2D eigenvalue weighted by Gasteiger charge is -2.13. The molecule has 2 heterocycles. The van der Waals surface area contributed by atoms with Gasteiger partial charge in [0.05, 0.1) is 5.69 Å². The molecule has 0 radical (unpaired) electrons. The third-order valence-electron chi connectivity index (χ3n) is 5.86. The average Bonchev–Trinajstić information content (AvgIpc) is 3.41. The van der Waals surface area contributed by atoms with E-state index in [2.05, 4.69) is 15.4 Å². The zero-order valence-electron chi connectivity index (χ0n) is 19.5. The summed E-state index contributed by atoms with van der Waals surface area (Å²) in [5.41, 5.74) is 3.10. The van der Waals surface area contributed by atoms with Crippen LogP contribution in [0.25, 0.3) is 6.08 Å². The number of hydrazone groups is 1. The molecule has 0 saturated heterocycles. The van der Waals surface area contributed by atoms with E-state index < -0.39 is 5.91 Å². The number of para-hydroxylation sites is 2. The third-order valence-corrected chi connectivity index (χ3v) is 5.86. The number of ether oxygens (including phenoxy) is 1. The smallest absolute Gasteiger partial charge is 0.298 e. The van der Waals surface area contributed by atoms with Gasteiger partial charge in [-0.3, -0.25) is 9.59 Å². The van der Waals surface area contributed by atoms with Crippen molar-refractivity contribution in [1.29, 1.82) is 0 Å². The van der Waals surface area contributed by atoms with E-state index in [0.717, 1.165) is 5.56 Å². The normalized spacial score (nSPS) is 16.6. The van der Waals surface area contributed by atoms with E-state index in [1.54, 1.807) is 18.2 Å². The van der Waals surface area contributed by atoms with Crippen molar-refractivity contribution in [3.05, 3.63) is 132 Å². The molecule has 178 valence electrons. The topological polar surface area (TPSA) is 83.4 Å². The summed E-state index contributed by atoms with van der Waals surface area (Å²) in [6.45, 7) is 0. The summed E-state index contributed by atoms with van der Waals surface area (Å²) in [6, 6.07) is 33.4. The molecule has 37 heavy (non-hydrogen) atoms. The summed E-state index contributed by atoms with van der Waals surface area (Å²) >= 11 is 0. The fourth-order valence-electron chi connectivity index (χ4n) is 4.13. The van der Waals surface area contributed by atoms with Crippen LogP contribution < -0.4 is 10.1 Å². The van der Waals surface area contributed by atoms with Crippen LogP contribution in [0.5, 0.6) is 11.5 Å². The molecule has 0 aromatic heterocycles. The van der Waals surface area contributed by atoms with Crippen LogP contribution in [0.1, 0.15) is 16.7 Å². The van der Waals surface area contributed by atoms with Gasteiger partial charge in [0.2, 0.25) is 0 Å². The van der Waals surface area contributed by atoms with Crippen LogP contribution in [0.4, 0.5) is 5.69 Å². The number of carbonyl (C=O) groups excluding carboxylic acids is 2. The fourth-order valence-corrected chi connectivity index (χ4v) is 4.13. The standard InChI is InChI=1S/C30H20N4O3/c35-29-27(24-16-7-8-17-25(24)32-29)33-34-28(21-11-3-1-4-12-21)31-26(30(34)36)19-20-10-9-15-23(18-20)37-22-13-5-2-6-14-22/h1-19H,(H,32,33,35). The second-order valence-electron chi connectivity index (χ2n) is 8.38. The number of anilines is 1. The summed E-state index contributed by atoms with van der Waals surface area (Å²) in [5.74, 6) is 0.890. The van der Waals surface area contributed by atoms with Crippen molar-refractivity contribution in [2.24, 2.45) is 10.1 Å². The van der Waals surface area contributed by atoms with Crippen molar-refractivity contribution < 1.29 is 14.3 Å². The lowest BCUT2D eigenvalue weighted by molar-refractivity contribution is -0.122. The van der Waals surface area contributed by atoms with Crippen LogP contribution in [0.2, 0.25) is 0 Å². The van der Waals surface area contributed by atoms with Gasteiger partial charge < -0.3 is 10.1 Å². The molecule has 0 unspecified atom stereocenters. The molecular weight excluding hydrogens is 464 g/mol. The van der Waals surface area contributed by atoms with E-state index in [1.165, 1.54) is 5.01 Å². The predicted octanol–water partition coefficient (Wildman–Crippen LogP) is 5.47. The number of rotatable bonds is 5. The molecule has 4 aromatic carbocycles. The number of hydrogen-bond donors (Lipinski definition) is 1. The van der Waals surface area contributed by atoms with Crippen LogP contribution >= 0.6 is 0 Å².